The van der Waals surface area contributed by atoms with Gasteiger partial charge in [-0.05, 0) is 62.4 Å². The van der Waals surface area contributed by atoms with Gasteiger partial charge in [-0.3, -0.25) is 0 Å². The number of hydrogen-bond acceptors (Lipinski definition) is 7. The molecule has 0 atom stereocenters. The van der Waals surface area contributed by atoms with Crippen molar-refractivity contribution in [2.75, 3.05) is 17.2 Å². The third kappa shape index (κ3) is 4.83. The van der Waals surface area contributed by atoms with E-state index in [0.717, 1.165) is 17.1 Å². The number of carbonyl (C=O) groups excluding carboxylic acids is 1. The summed E-state index contributed by atoms with van der Waals surface area (Å²) < 4.78 is 4.98. The van der Waals surface area contributed by atoms with Crippen molar-refractivity contribution in [2.45, 2.75) is 13.8 Å². The number of nitriles is 1. The van der Waals surface area contributed by atoms with Crippen molar-refractivity contribution in [2.24, 2.45) is 0 Å². The Labute approximate surface area is 163 Å². The highest BCUT2D eigenvalue weighted by Crippen LogP contribution is 2.20. The summed E-state index contributed by atoms with van der Waals surface area (Å²) in [6, 6.07) is 17.9. The SMILES string of the molecule is CCOC(=O)c1ccc(Nc2nc(C)cc(Nc3ccc(C#N)cc3)n2)cc1. The molecule has 0 aliphatic rings. The number of rotatable bonds is 6. The summed E-state index contributed by atoms with van der Waals surface area (Å²) in [5.41, 5.74) is 3.44. The molecule has 0 saturated heterocycles. The Bertz CT molecular complexity index is 1010. The Morgan fingerprint density at radius 2 is 1.68 bits per heavy atom. The van der Waals surface area contributed by atoms with Crippen molar-refractivity contribution in [1.82, 2.24) is 9.97 Å². The summed E-state index contributed by atoms with van der Waals surface area (Å²) in [7, 11) is 0. The molecule has 0 unspecified atom stereocenters. The topological polar surface area (TPSA) is 99.9 Å². The van der Waals surface area contributed by atoms with Crippen LogP contribution in [0.15, 0.2) is 54.6 Å². The zero-order valence-corrected chi connectivity index (χ0v) is 15.6. The van der Waals surface area contributed by atoms with E-state index in [2.05, 4.69) is 26.7 Å². The standard InChI is InChI=1S/C21H19N5O2/c1-3-28-20(27)16-6-10-18(11-7-16)25-21-23-14(2)12-19(26-21)24-17-8-4-15(13-22)5-9-17/h4-12H,3H2,1-2H3,(H2,23,24,25,26). The van der Waals surface area contributed by atoms with Crippen LogP contribution < -0.4 is 10.6 Å². The number of hydrogen-bond donors (Lipinski definition) is 2. The van der Waals surface area contributed by atoms with Gasteiger partial charge in [0.1, 0.15) is 5.82 Å². The van der Waals surface area contributed by atoms with E-state index in [4.69, 9.17) is 10.00 Å². The van der Waals surface area contributed by atoms with Crippen molar-refractivity contribution in [3.8, 4) is 6.07 Å². The van der Waals surface area contributed by atoms with E-state index in [0.29, 0.717) is 29.5 Å². The van der Waals surface area contributed by atoms with Gasteiger partial charge in [-0.25, -0.2) is 9.78 Å². The lowest BCUT2D eigenvalue weighted by atomic mass is 10.2. The fourth-order valence-corrected chi connectivity index (χ4v) is 2.50. The van der Waals surface area contributed by atoms with Crippen LogP contribution in [0.1, 0.15) is 28.5 Å². The largest absolute Gasteiger partial charge is 0.462 e. The normalized spacial score (nSPS) is 10.0. The first kappa shape index (κ1) is 18.9. The molecular formula is C21H19N5O2. The van der Waals surface area contributed by atoms with Crippen LogP contribution in [0.2, 0.25) is 0 Å². The highest BCUT2D eigenvalue weighted by atomic mass is 16.5. The number of esters is 1. The van der Waals surface area contributed by atoms with Gasteiger partial charge in [0.15, 0.2) is 0 Å². The molecule has 0 spiro atoms. The van der Waals surface area contributed by atoms with Gasteiger partial charge in [0.25, 0.3) is 0 Å². The maximum absolute atomic E-state index is 11.7. The van der Waals surface area contributed by atoms with Gasteiger partial charge in [0.05, 0.1) is 23.8 Å². The summed E-state index contributed by atoms with van der Waals surface area (Å²) in [5, 5.41) is 15.2. The molecule has 2 N–H and O–H groups in total. The molecule has 0 amide bonds. The minimum atomic E-state index is -0.352. The van der Waals surface area contributed by atoms with Crippen molar-refractivity contribution in [1.29, 1.82) is 5.26 Å². The fourth-order valence-electron chi connectivity index (χ4n) is 2.50. The van der Waals surface area contributed by atoms with E-state index in [9.17, 15) is 4.79 Å². The summed E-state index contributed by atoms with van der Waals surface area (Å²) in [4.78, 5) is 20.6. The van der Waals surface area contributed by atoms with Gasteiger partial charge in [-0.1, -0.05) is 0 Å². The Kier molecular flexibility index (Phi) is 5.82. The van der Waals surface area contributed by atoms with Gasteiger partial charge in [-0.2, -0.15) is 10.2 Å². The maximum atomic E-state index is 11.7. The second kappa shape index (κ2) is 8.64. The van der Waals surface area contributed by atoms with Crippen molar-refractivity contribution in [3.63, 3.8) is 0 Å². The third-order valence-corrected chi connectivity index (χ3v) is 3.79. The molecule has 7 nitrogen and oxygen atoms in total. The molecule has 0 aliphatic carbocycles. The van der Waals surface area contributed by atoms with E-state index in [-0.39, 0.29) is 5.97 Å². The summed E-state index contributed by atoms with van der Waals surface area (Å²) >= 11 is 0. The number of nitrogens with zero attached hydrogens (tertiary/aromatic N) is 3. The van der Waals surface area contributed by atoms with E-state index in [1.165, 1.54) is 0 Å². The monoisotopic (exact) mass is 373 g/mol. The molecule has 1 heterocycles. The third-order valence-electron chi connectivity index (χ3n) is 3.79. The van der Waals surface area contributed by atoms with Crippen LogP contribution in [0.4, 0.5) is 23.1 Å². The number of nitrogens with one attached hydrogen (secondary N) is 2. The number of aryl methyl sites for hydroxylation is 1. The van der Waals surface area contributed by atoms with Gasteiger partial charge in [0.2, 0.25) is 5.95 Å². The fraction of sp³-hybridized carbons (Fsp3) is 0.143. The Balaban J connectivity index is 1.74. The summed E-state index contributed by atoms with van der Waals surface area (Å²) in [6.45, 7) is 3.98. The molecule has 0 fully saturated rings. The zero-order valence-electron chi connectivity index (χ0n) is 15.6. The lowest BCUT2D eigenvalue weighted by Gasteiger charge is -2.10. The van der Waals surface area contributed by atoms with Gasteiger partial charge < -0.3 is 15.4 Å². The van der Waals surface area contributed by atoms with Crippen LogP contribution in [-0.2, 0) is 4.74 Å². The molecule has 2 aromatic carbocycles. The number of benzene rings is 2. The molecule has 3 aromatic rings. The first-order chi connectivity index (χ1) is 13.6. The lowest BCUT2D eigenvalue weighted by Crippen LogP contribution is -2.05. The molecule has 140 valence electrons. The van der Waals surface area contributed by atoms with Crippen molar-refractivity contribution >= 4 is 29.1 Å². The second-order valence-electron chi connectivity index (χ2n) is 5.96. The van der Waals surface area contributed by atoms with E-state index in [1.54, 1.807) is 43.3 Å². The first-order valence-electron chi connectivity index (χ1n) is 8.74. The molecule has 0 bridgehead atoms. The molecule has 3 rings (SSSR count). The predicted molar refractivity (Wildman–Crippen MR) is 107 cm³/mol. The van der Waals surface area contributed by atoms with Crippen LogP contribution in [0.3, 0.4) is 0 Å². The summed E-state index contributed by atoms with van der Waals surface area (Å²) in [5.74, 6) is 0.706. The maximum Gasteiger partial charge on any atom is 0.338 e. The highest BCUT2D eigenvalue weighted by Gasteiger charge is 2.07. The average Bonchev–Trinajstić information content (AvgIpc) is 2.69. The van der Waals surface area contributed by atoms with Gasteiger partial charge in [0, 0.05) is 23.1 Å². The van der Waals surface area contributed by atoms with Crippen LogP contribution >= 0.6 is 0 Å². The van der Waals surface area contributed by atoms with E-state index < -0.39 is 0 Å². The Morgan fingerprint density at radius 1 is 1.04 bits per heavy atom. The minimum absolute atomic E-state index is 0.338. The Morgan fingerprint density at radius 3 is 2.32 bits per heavy atom. The summed E-state index contributed by atoms with van der Waals surface area (Å²) in [6.07, 6.45) is 0. The average molecular weight is 373 g/mol. The Hall–Kier alpha value is -3.92. The van der Waals surface area contributed by atoms with Crippen LogP contribution in [0.5, 0.6) is 0 Å². The smallest absolute Gasteiger partial charge is 0.338 e. The molecular weight excluding hydrogens is 354 g/mol. The highest BCUT2D eigenvalue weighted by molar-refractivity contribution is 5.89. The van der Waals surface area contributed by atoms with Crippen LogP contribution in [0.25, 0.3) is 0 Å². The number of anilines is 4. The molecule has 0 saturated carbocycles. The van der Waals surface area contributed by atoms with Crippen molar-refractivity contribution in [3.05, 3.63) is 71.4 Å². The number of ether oxygens (including phenoxy) is 1. The van der Waals surface area contributed by atoms with Crippen molar-refractivity contribution < 1.29 is 9.53 Å². The van der Waals surface area contributed by atoms with E-state index in [1.807, 2.05) is 25.1 Å². The number of carbonyl (C=O) groups is 1. The molecule has 0 aliphatic heterocycles. The van der Waals surface area contributed by atoms with Crippen LogP contribution in [0, 0.1) is 18.3 Å². The van der Waals surface area contributed by atoms with Gasteiger partial charge in [-0.15, -0.1) is 0 Å². The molecule has 1 aromatic heterocycles. The molecule has 28 heavy (non-hydrogen) atoms. The van der Waals surface area contributed by atoms with Gasteiger partial charge >= 0.3 is 5.97 Å². The number of aromatic nitrogens is 2. The second-order valence-corrected chi connectivity index (χ2v) is 5.96. The molecule has 0 radical (unpaired) electrons. The van der Waals surface area contributed by atoms with Crippen LogP contribution in [-0.4, -0.2) is 22.5 Å². The van der Waals surface area contributed by atoms with E-state index >= 15 is 0 Å². The quantitative estimate of drug-likeness (QED) is 0.621. The first-order valence-corrected chi connectivity index (χ1v) is 8.74. The zero-order chi connectivity index (χ0) is 19.9. The minimum Gasteiger partial charge on any atom is -0.462 e. The lowest BCUT2D eigenvalue weighted by molar-refractivity contribution is 0.0526. The molecule has 7 heteroatoms. The predicted octanol–water partition coefficient (Wildman–Crippen LogP) is 4.32.